The van der Waals surface area contributed by atoms with Crippen molar-refractivity contribution in [3.8, 4) is 11.5 Å². The zero-order valence-electron chi connectivity index (χ0n) is 16.7. The lowest BCUT2D eigenvalue weighted by molar-refractivity contribution is -0.127. The summed E-state index contributed by atoms with van der Waals surface area (Å²) in [6.07, 6.45) is 0.623. The Kier molecular flexibility index (Phi) is 8.44. The van der Waals surface area contributed by atoms with E-state index >= 15 is 0 Å². The lowest BCUT2D eigenvalue weighted by Crippen LogP contribution is -2.33. The topological polar surface area (TPSA) is 77.0 Å². The van der Waals surface area contributed by atoms with Crippen LogP contribution < -0.4 is 14.9 Å². The molecule has 0 spiro atoms. The van der Waals surface area contributed by atoms with Crippen LogP contribution in [-0.4, -0.2) is 24.2 Å². The van der Waals surface area contributed by atoms with Crippen molar-refractivity contribution in [1.29, 1.82) is 0 Å². The number of nitrogens with zero attached hydrogens (tertiary/aromatic N) is 1. The minimum Gasteiger partial charge on any atom is -0.481 e. The molecule has 1 N–H and O–H groups in total. The fourth-order valence-corrected chi connectivity index (χ4v) is 3.25. The third-order valence-electron chi connectivity index (χ3n) is 4.13. The molecule has 3 rings (SSSR count). The van der Waals surface area contributed by atoms with Crippen molar-refractivity contribution in [3.05, 3.63) is 91.8 Å². The van der Waals surface area contributed by atoms with Gasteiger partial charge in [0.15, 0.2) is 6.10 Å². The van der Waals surface area contributed by atoms with Crippen molar-refractivity contribution in [2.45, 2.75) is 13.0 Å². The molecule has 3 aromatic carbocycles. The van der Waals surface area contributed by atoms with Crippen LogP contribution in [0.3, 0.4) is 0 Å². The van der Waals surface area contributed by atoms with Crippen molar-refractivity contribution < 1.29 is 19.1 Å². The number of hydrogen-bond acceptors (Lipinski definition) is 5. The maximum atomic E-state index is 12.4. The van der Waals surface area contributed by atoms with Gasteiger partial charge in [-0.2, -0.15) is 5.10 Å². The number of ether oxygens (including phenoxy) is 2. The molecule has 0 saturated heterocycles. The minimum absolute atomic E-state index is 0.283. The Morgan fingerprint density at radius 2 is 1.66 bits per heavy atom. The summed E-state index contributed by atoms with van der Waals surface area (Å²) in [4.78, 5) is 24.7. The van der Waals surface area contributed by atoms with E-state index in [-0.39, 0.29) is 5.75 Å². The number of hydrazone groups is 1. The van der Waals surface area contributed by atoms with E-state index in [0.717, 1.165) is 8.95 Å². The van der Waals surface area contributed by atoms with E-state index in [2.05, 4.69) is 42.4 Å². The molecule has 0 unspecified atom stereocenters. The summed E-state index contributed by atoms with van der Waals surface area (Å²) in [6.45, 7) is 1.62. The second kappa shape index (κ2) is 11.3. The summed E-state index contributed by atoms with van der Waals surface area (Å²) in [7, 11) is 0. The van der Waals surface area contributed by atoms with E-state index in [1.165, 1.54) is 6.21 Å². The number of nitrogens with one attached hydrogen (secondary N) is 1. The van der Waals surface area contributed by atoms with Gasteiger partial charge in [-0.1, -0.05) is 43.5 Å². The molecule has 164 valence electrons. The van der Waals surface area contributed by atoms with Gasteiger partial charge in [-0.25, -0.2) is 10.2 Å². The van der Waals surface area contributed by atoms with E-state index in [4.69, 9.17) is 21.1 Å². The molecule has 0 aliphatic carbocycles. The summed E-state index contributed by atoms with van der Waals surface area (Å²) < 4.78 is 12.7. The van der Waals surface area contributed by atoms with Crippen LogP contribution in [0, 0.1) is 0 Å². The van der Waals surface area contributed by atoms with Gasteiger partial charge in [0.2, 0.25) is 0 Å². The van der Waals surface area contributed by atoms with Crippen molar-refractivity contribution >= 4 is 61.6 Å². The first-order valence-electron chi connectivity index (χ1n) is 9.34. The highest BCUT2D eigenvalue weighted by Crippen LogP contribution is 2.23. The second-order valence-corrected chi connectivity index (χ2v) is 8.79. The Morgan fingerprint density at radius 1 is 1.00 bits per heavy atom. The van der Waals surface area contributed by atoms with Gasteiger partial charge in [0.05, 0.1) is 11.8 Å². The van der Waals surface area contributed by atoms with Crippen molar-refractivity contribution in [3.63, 3.8) is 0 Å². The highest BCUT2D eigenvalue weighted by Gasteiger charge is 2.15. The normalized spacial score (nSPS) is 11.8. The van der Waals surface area contributed by atoms with Crippen molar-refractivity contribution in [2.24, 2.45) is 5.10 Å². The molecular weight excluding hydrogens is 564 g/mol. The summed E-state index contributed by atoms with van der Waals surface area (Å²) in [5, 5.41) is 4.49. The maximum Gasteiger partial charge on any atom is 0.343 e. The predicted molar refractivity (Wildman–Crippen MR) is 131 cm³/mol. The van der Waals surface area contributed by atoms with Crippen LogP contribution in [0.1, 0.15) is 22.8 Å². The van der Waals surface area contributed by atoms with Gasteiger partial charge in [0, 0.05) is 19.5 Å². The highest BCUT2D eigenvalue weighted by atomic mass is 79.9. The highest BCUT2D eigenvalue weighted by molar-refractivity contribution is 9.10. The standard InChI is InChI=1S/C23H17Br2ClN2O4/c1-14(31-20-9-4-17(24)5-10-20)22(29)28-27-13-16-12-18(25)6-11-21(16)32-23(30)15-2-7-19(26)8-3-15/h2-14H,1H3,(H,28,29)/b27-13-/t14-/m0/s1. The molecule has 0 bridgehead atoms. The van der Waals surface area contributed by atoms with Gasteiger partial charge in [0.25, 0.3) is 5.91 Å². The number of rotatable bonds is 7. The first kappa shape index (κ1) is 24.0. The Morgan fingerprint density at radius 3 is 2.34 bits per heavy atom. The molecule has 32 heavy (non-hydrogen) atoms. The van der Waals surface area contributed by atoms with Gasteiger partial charge in [-0.15, -0.1) is 0 Å². The van der Waals surface area contributed by atoms with Crippen LogP contribution in [0.5, 0.6) is 11.5 Å². The molecule has 3 aromatic rings. The number of hydrogen-bond donors (Lipinski definition) is 1. The smallest absolute Gasteiger partial charge is 0.343 e. The van der Waals surface area contributed by atoms with Crippen LogP contribution in [0.2, 0.25) is 5.02 Å². The Hall–Kier alpha value is -2.68. The van der Waals surface area contributed by atoms with E-state index in [0.29, 0.717) is 21.9 Å². The van der Waals surface area contributed by atoms with Crippen LogP contribution >= 0.6 is 43.5 Å². The van der Waals surface area contributed by atoms with Crippen molar-refractivity contribution in [2.75, 3.05) is 0 Å². The molecule has 6 nitrogen and oxygen atoms in total. The van der Waals surface area contributed by atoms with Crippen LogP contribution in [0.15, 0.2) is 80.8 Å². The molecule has 9 heteroatoms. The maximum absolute atomic E-state index is 12.4. The Balaban J connectivity index is 1.65. The SMILES string of the molecule is C[C@H](Oc1ccc(Br)cc1)C(=O)N/N=C\c1cc(Br)ccc1OC(=O)c1ccc(Cl)cc1. The molecule has 1 amide bonds. The third kappa shape index (κ3) is 6.91. The number of benzene rings is 3. The van der Waals surface area contributed by atoms with Gasteiger partial charge < -0.3 is 9.47 Å². The number of amides is 1. The summed E-state index contributed by atoms with van der Waals surface area (Å²) in [5.74, 6) is -0.133. The number of halogens is 3. The van der Waals surface area contributed by atoms with E-state index in [9.17, 15) is 9.59 Å². The number of esters is 1. The lowest BCUT2D eigenvalue weighted by atomic mass is 10.2. The van der Waals surface area contributed by atoms with Crippen LogP contribution in [0.4, 0.5) is 0 Å². The average Bonchev–Trinajstić information content (AvgIpc) is 2.77. The first-order valence-corrected chi connectivity index (χ1v) is 11.3. The number of carbonyl (C=O) groups excluding carboxylic acids is 2. The zero-order chi connectivity index (χ0) is 23.1. The molecule has 0 saturated carbocycles. The average molecular weight is 581 g/mol. The summed E-state index contributed by atoms with van der Waals surface area (Å²) in [6, 6.07) is 18.6. The molecule has 0 radical (unpaired) electrons. The molecule has 0 aromatic heterocycles. The minimum atomic E-state index is -0.766. The van der Waals surface area contributed by atoms with Crippen LogP contribution in [0.25, 0.3) is 0 Å². The fourth-order valence-electron chi connectivity index (χ4n) is 2.49. The van der Waals surface area contributed by atoms with Crippen LogP contribution in [-0.2, 0) is 4.79 Å². The van der Waals surface area contributed by atoms with Gasteiger partial charge >= 0.3 is 5.97 Å². The quantitative estimate of drug-likeness (QED) is 0.161. The fraction of sp³-hybridized carbons (Fsp3) is 0.0870. The Bertz CT molecular complexity index is 1140. The molecule has 0 aliphatic rings. The third-order valence-corrected chi connectivity index (χ3v) is 5.40. The predicted octanol–water partition coefficient (Wildman–Crippen LogP) is 6.00. The van der Waals surface area contributed by atoms with Gasteiger partial charge in [-0.3, -0.25) is 4.79 Å². The molecule has 0 aliphatic heterocycles. The molecule has 0 heterocycles. The Labute approximate surface area is 206 Å². The largest absolute Gasteiger partial charge is 0.481 e. The molecular formula is C23H17Br2ClN2O4. The van der Waals surface area contributed by atoms with E-state index < -0.39 is 18.0 Å². The lowest BCUT2D eigenvalue weighted by Gasteiger charge is -2.13. The van der Waals surface area contributed by atoms with E-state index in [1.54, 1.807) is 61.5 Å². The summed E-state index contributed by atoms with van der Waals surface area (Å²) in [5.41, 5.74) is 3.27. The molecule has 0 fully saturated rings. The number of carbonyl (C=O) groups is 2. The first-order chi connectivity index (χ1) is 15.3. The van der Waals surface area contributed by atoms with E-state index in [1.807, 2.05) is 12.1 Å². The molecule has 1 atom stereocenters. The monoisotopic (exact) mass is 578 g/mol. The van der Waals surface area contributed by atoms with Crippen molar-refractivity contribution in [1.82, 2.24) is 5.43 Å². The second-order valence-electron chi connectivity index (χ2n) is 6.53. The summed E-state index contributed by atoms with van der Waals surface area (Å²) >= 11 is 12.6. The van der Waals surface area contributed by atoms with Gasteiger partial charge in [0.1, 0.15) is 11.5 Å². The van der Waals surface area contributed by atoms with Gasteiger partial charge in [-0.05, 0) is 73.7 Å². The zero-order valence-corrected chi connectivity index (χ0v) is 20.6.